The molecule has 0 spiro atoms. The molecule has 228 valence electrons. The van der Waals surface area contributed by atoms with Gasteiger partial charge in [0.25, 0.3) is 0 Å². The van der Waals surface area contributed by atoms with Crippen molar-refractivity contribution in [1.29, 1.82) is 0 Å². The van der Waals surface area contributed by atoms with Crippen LogP contribution in [0.2, 0.25) is 0 Å². The molecular weight excluding hydrogens is 542 g/mol. The van der Waals surface area contributed by atoms with Crippen molar-refractivity contribution in [3.63, 3.8) is 0 Å². The number of methoxy groups -OCH3 is 4. The highest BCUT2D eigenvalue weighted by Crippen LogP contribution is 2.50. The smallest absolute Gasteiger partial charge is 0.328 e. The van der Waals surface area contributed by atoms with Crippen molar-refractivity contribution in [2.24, 2.45) is 0 Å². The summed E-state index contributed by atoms with van der Waals surface area (Å²) in [5, 5.41) is 8.84. The van der Waals surface area contributed by atoms with Gasteiger partial charge in [-0.3, -0.25) is 14.4 Å². The van der Waals surface area contributed by atoms with Gasteiger partial charge < -0.3 is 34.9 Å². The number of hydrogen-bond acceptors (Lipinski definition) is 9. The number of esters is 1. The zero-order valence-corrected chi connectivity index (χ0v) is 25.2. The van der Waals surface area contributed by atoms with Crippen LogP contribution in [0.5, 0.6) is 17.2 Å². The van der Waals surface area contributed by atoms with Crippen LogP contribution in [0.4, 0.5) is 5.69 Å². The van der Waals surface area contributed by atoms with Crippen molar-refractivity contribution in [2.45, 2.75) is 64.5 Å². The summed E-state index contributed by atoms with van der Waals surface area (Å²) in [7, 11) is 5.95. The highest BCUT2D eigenvalue weighted by Gasteiger charge is 2.29. The highest BCUT2D eigenvalue weighted by atomic mass is 16.5. The van der Waals surface area contributed by atoms with Crippen LogP contribution in [0, 0.1) is 0 Å². The second kappa shape index (κ2) is 15.1. The van der Waals surface area contributed by atoms with Crippen molar-refractivity contribution >= 4 is 23.5 Å². The van der Waals surface area contributed by atoms with E-state index >= 15 is 0 Å². The molecule has 0 saturated carbocycles. The maximum absolute atomic E-state index is 13.4. The minimum absolute atomic E-state index is 0.190. The van der Waals surface area contributed by atoms with E-state index in [4.69, 9.17) is 14.2 Å². The normalized spacial score (nSPS) is 14.3. The summed E-state index contributed by atoms with van der Waals surface area (Å²) in [6.07, 6.45) is 3.63. The highest BCUT2D eigenvalue weighted by molar-refractivity contribution is 5.84. The third kappa shape index (κ3) is 7.71. The van der Waals surface area contributed by atoms with Crippen molar-refractivity contribution in [2.75, 3.05) is 40.3 Å². The second-order valence-electron chi connectivity index (χ2n) is 10.1. The molecule has 0 unspecified atom stereocenters. The summed E-state index contributed by atoms with van der Waals surface area (Å²) in [5.41, 5.74) is 3.42. The Morgan fingerprint density at radius 2 is 1.71 bits per heavy atom. The first-order valence-corrected chi connectivity index (χ1v) is 14.0. The van der Waals surface area contributed by atoms with E-state index < -0.39 is 12.0 Å². The Hall–Kier alpha value is -4.28. The summed E-state index contributed by atoms with van der Waals surface area (Å²) >= 11 is 0. The van der Waals surface area contributed by atoms with Crippen LogP contribution in [0.1, 0.15) is 63.1 Å². The number of rotatable bonds is 13. The summed E-state index contributed by atoms with van der Waals surface area (Å²) in [5.74, 6) is 0.592. The number of fused-ring (bicyclic) bond motifs is 3. The lowest BCUT2D eigenvalue weighted by molar-refractivity contribution is -0.144. The molecule has 42 heavy (non-hydrogen) atoms. The Labute approximate surface area is 246 Å². The van der Waals surface area contributed by atoms with E-state index in [9.17, 15) is 19.2 Å². The second-order valence-corrected chi connectivity index (χ2v) is 10.1. The number of nitrogens with one attached hydrogen (secondary N) is 3. The fraction of sp³-hybridized carbons (Fsp3) is 0.484. The van der Waals surface area contributed by atoms with Gasteiger partial charge in [0.15, 0.2) is 11.5 Å². The number of benzene rings is 1. The molecule has 0 aliphatic heterocycles. The minimum atomic E-state index is -0.686. The summed E-state index contributed by atoms with van der Waals surface area (Å²) in [4.78, 5) is 49.0. The van der Waals surface area contributed by atoms with Gasteiger partial charge in [-0.1, -0.05) is 12.5 Å². The van der Waals surface area contributed by atoms with E-state index in [-0.39, 0.29) is 23.3 Å². The number of carbonyl (C=O) groups is 3. The van der Waals surface area contributed by atoms with E-state index in [1.165, 1.54) is 14.0 Å². The van der Waals surface area contributed by atoms with E-state index in [0.29, 0.717) is 60.7 Å². The Bertz CT molecular complexity index is 1360. The third-order valence-corrected chi connectivity index (χ3v) is 7.24. The Morgan fingerprint density at radius 1 is 0.976 bits per heavy atom. The maximum Gasteiger partial charge on any atom is 0.328 e. The largest absolute Gasteiger partial charge is 0.493 e. The van der Waals surface area contributed by atoms with E-state index in [2.05, 4.69) is 20.7 Å². The molecule has 3 N–H and O–H groups in total. The summed E-state index contributed by atoms with van der Waals surface area (Å²) in [6.45, 7) is 3.57. The average molecular weight is 584 g/mol. The molecule has 0 bridgehead atoms. The lowest BCUT2D eigenvalue weighted by atomic mass is 9.95. The number of hydrogen-bond donors (Lipinski definition) is 3. The van der Waals surface area contributed by atoms with Gasteiger partial charge in [-0.15, -0.1) is 0 Å². The van der Waals surface area contributed by atoms with Gasteiger partial charge in [0.05, 0.1) is 40.2 Å². The van der Waals surface area contributed by atoms with Crippen LogP contribution in [-0.2, 0) is 25.5 Å². The number of ether oxygens (including phenoxy) is 4. The van der Waals surface area contributed by atoms with E-state index in [0.717, 1.165) is 29.5 Å². The first-order valence-electron chi connectivity index (χ1n) is 14.0. The van der Waals surface area contributed by atoms with Crippen molar-refractivity contribution in [3.05, 3.63) is 45.6 Å². The van der Waals surface area contributed by atoms with Gasteiger partial charge in [-0.2, -0.15) is 0 Å². The van der Waals surface area contributed by atoms with Gasteiger partial charge in [0.2, 0.25) is 23.0 Å². The van der Waals surface area contributed by atoms with Crippen LogP contribution < -0.4 is 35.6 Å². The monoisotopic (exact) mass is 583 g/mol. The molecular formula is C31H41N3O8. The molecule has 11 nitrogen and oxygen atoms in total. The molecule has 2 atom stereocenters. The number of aryl methyl sites for hydroxylation is 1. The molecule has 0 aromatic heterocycles. The van der Waals surface area contributed by atoms with Crippen molar-refractivity contribution < 1.29 is 33.3 Å². The molecule has 2 aromatic carbocycles. The summed E-state index contributed by atoms with van der Waals surface area (Å²) in [6, 6.07) is 6.05. The van der Waals surface area contributed by atoms with Gasteiger partial charge in [0.1, 0.15) is 6.04 Å². The van der Waals surface area contributed by atoms with Crippen molar-refractivity contribution in [1.82, 2.24) is 10.6 Å². The first kappa shape index (κ1) is 32.2. The molecule has 1 aliphatic carbocycles. The Kier molecular flexibility index (Phi) is 11.6. The lowest BCUT2D eigenvalue weighted by Gasteiger charge is -2.19. The quantitative estimate of drug-likeness (QED) is 0.239. The van der Waals surface area contributed by atoms with Crippen LogP contribution in [-0.4, -0.2) is 58.8 Å². The Morgan fingerprint density at radius 3 is 2.36 bits per heavy atom. The number of anilines is 1. The molecule has 1 aliphatic rings. The molecule has 2 amide bonds. The van der Waals surface area contributed by atoms with E-state index in [1.54, 1.807) is 40.4 Å². The SMILES string of the molecule is COC(=O)[C@@H](C)NC(=O)CCCCCNc1ccc2c(cc1=O)[C@H](NC(C)=O)CCc1cc(OC)c(OC)c(OC)c1-2. The zero-order chi connectivity index (χ0) is 30.8. The number of amides is 2. The third-order valence-electron chi connectivity index (χ3n) is 7.24. The predicted octanol–water partition coefficient (Wildman–Crippen LogP) is 3.51. The fourth-order valence-corrected chi connectivity index (χ4v) is 5.21. The van der Waals surface area contributed by atoms with Gasteiger partial charge in [-0.25, -0.2) is 4.79 Å². The summed E-state index contributed by atoms with van der Waals surface area (Å²) < 4.78 is 21.6. The molecule has 0 saturated heterocycles. The molecule has 0 heterocycles. The van der Waals surface area contributed by atoms with E-state index in [1.807, 2.05) is 12.1 Å². The molecule has 11 heteroatoms. The Balaban J connectivity index is 1.83. The number of carbonyl (C=O) groups excluding carboxylic acids is 3. The topological polar surface area (TPSA) is 141 Å². The van der Waals surface area contributed by atoms with Gasteiger partial charge >= 0.3 is 5.97 Å². The first-order chi connectivity index (χ1) is 20.1. The van der Waals surface area contributed by atoms with Crippen LogP contribution in [0.25, 0.3) is 11.1 Å². The molecule has 0 radical (unpaired) electrons. The van der Waals surface area contributed by atoms with Crippen molar-refractivity contribution in [3.8, 4) is 28.4 Å². The van der Waals surface area contributed by atoms with Gasteiger partial charge in [0, 0.05) is 25.5 Å². The number of unbranched alkanes of at least 4 members (excludes halogenated alkanes) is 2. The molecule has 2 aromatic rings. The minimum Gasteiger partial charge on any atom is -0.493 e. The van der Waals surface area contributed by atoms with Crippen LogP contribution in [0.3, 0.4) is 0 Å². The van der Waals surface area contributed by atoms with Gasteiger partial charge in [-0.05, 0) is 67.5 Å². The molecule has 0 fully saturated rings. The standard InChI is InChI=1S/C31H41N3O8/c1-18(31(38)42-6)33-27(37)10-8-7-9-15-32-24-14-12-21-22(17-25(24)36)23(34-19(2)35)13-11-20-16-26(39-3)29(40-4)30(41-5)28(20)21/h12,14,16-18,23H,7-11,13,15H2,1-6H3,(H,32,36)(H,33,37)(H,34,35)/t18-,23-/m1/s1. The predicted molar refractivity (Wildman–Crippen MR) is 159 cm³/mol. The zero-order valence-electron chi connectivity index (χ0n) is 25.2. The lowest BCUT2D eigenvalue weighted by Crippen LogP contribution is -2.39. The fourth-order valence-electron chi connectivity index (χ4n) is 5.21. The average Bonchev–Trinajstić information content (AvgIpc) is 3.21. The van der Waals surface area contributed by atoms with Crippen LogP contribution in [0.15, 0.2) is 29.1 Å². The molecule has 3 rings (SSSR count). The van der Waals surface area contributed by atoms with Crippen LogP contribution >= 0.6 is 0 Å². The maximum atomic E-state index is 13.4.